The van der Waals surface area contributed by atoms with Crippen molar-refractivity contribution in [2.24, 2.45) is 0 Å². The number of para-hydroxylation sites is 2. The highest BCUT2D eigenvalue weighted by Gasteiger charge is 2.44. The van der Waals surface area contributed by atoms with Crippen LogP contribution in [0.2, 0.25) is 0 Å². The van der Waals surface area contributed by atoms with Crippen molar-refractivity contribution in [2.45, 2.75) is 89.9 Å². The maximum atomic E-state index is 11.5. The summed E-state index contributed by atoms with van der Waals surface area (Å²) in [5.41, 5.74) is 10.2. The van der Waals surface area contributed by atoms with Gasteiger partial charge >= 0.3 is 7.82 Å². The average Bonchev–Trinajstić information content (AvgIpc) is 3.54. The van der Waals surface area contributed by atoms with Gasteiger partial charge < -0.3 is 14.7 Å². The van der Waals surface area contributed by atoms with Crippen molar-refractivity contribution in [1.82, 2.24) is 5.32 Å². The van der Waals surface area contributed by atoms with E-state index in [0.29, 0.717) is 51.7 Å². The molecule has 62 heavy (non-hydrogen) atoms. The van der Waals surface area contributed by atoms with E-state index in [9.17, 15) is 40.3 Å². The first kappa shape index (κ1) is 47.1. The van der Waals surface area contributed by atoms with E-state index in [4.69, 9.17) is 4.52 Å². The first-order valence-electron chi connectivity index (χ1n) is 21.1. The normalized spacial score (nSPS) is 18.9. The molecule has 0 amide bonds. The third kappa shape index (κ3) is 11.8. The predicted octanol–water partition coefficient (Wildman–Crippen LogP) is 8.30. The summed E-state index contributed by atoms with van der Waals surface area (Å²) in [7, 11) is -12.8. The number of anilines is 1. The van der Waals surface area contributed by atoms with Crippen LogP contribution in [0.5, 0.6) is 5.75 Å². The number of fused-ring (bicyclic) bond motifs is 2. The molecule has 0 aromatic heterocycles. The van der Waals surface area contributed by atoms with Crippen molar-refractivity contribution >= 4 is 45.1 Å². The van der Waals surface area contributed by atoms with Crippen LogP contribution in [-0.4, -0.2) is 77.2 Å². The summed E-state index contributed by atoms with van der Waals surface area (Å²) >= 11 is 0. The van der Waals surface area contributed by atoms with E-state index < -0.39 is 28.1 Å². The summed E-state index contributed by atoms with van der Waals surface area (Å²) in [6.07, 6.45) is 13.8. The summed E-state index contributed by atoms with van der Waals surface area (Å²) in [6, 6.07) is 23.2. The van der Waals surface area contributed by atoms with Crippen molar-refractivity contribution in [2.75, 3.05) is 36.0 Å². The zero-order valence-corrected chi connectivity index (χ0v) is 38.4. The first-order chi connectivity index (χ1) is 29.1. The lowest BCUT2D eigenvalue weighted by Crippen LogP contribution is -2.28. The smallest absolute Gasteiger partial charge is 0.404 e. The van der Waals surface area contributed by atoms with Gasteiger partial charge in [0.2, 0.25) is 5.69 Å². The van der Waals surface area contributed by atoms with Crippen molar-refractivity contribution in [1.29, 1.82) is 0 Å². The van der Waals surface area contributed by atoms with Crippen LogP contribution in [0.15, 0.2) is 120 Å². The third-order valence-corrected chi connectivity index (χ3v) is 14.0. The zero-order chi connectivity index (χ0) is 44.9. The fourth-order valence-corrected chi connectivity index (χ4v) is 10.4. The Hall–Kier alpha value is -4.34. The van der Waals surface area contributed by atoms with Gasteiger partial charge in [-0.1, -0.05) is 74.5 Å². The number of nitrogens with one attached hydrogen (secondary N) is 1. The molecule has 3 aromatic rings. The number of hydrogen-bond acceptors (Lipinski definition) is 8. The van der Waals surface area contributed by atoms with Crippen LogP contribution in [0.1, 0.15) is 89.3 Å². The molecule has 3 aromatic carbocycles. The van der Waals surface area contributed by atoms with E-state index in [1.807, 2.05) is 24.3 Å². The molecule has 5 N–H and O–H groups in total. The fourth-order valence-electron chi connectivity index (χ4n) is 8.90. The average molecular weight is 909 g/mol. The predicted molar refractivity (Wildman–Crippen MR) is 244 cm³/mol. The molecule has 1 aliphatic carbocycles. The molecule has 0 radical (unpaired) electrons. The Morgan fingerprint density at radius 1 is 0.790 bits per heavy atom. The number of phosphoric ester groups is 1. The quantitative estimate of drug-likeness (QED) is 0.0335. The second-order valence-corrected chi connectivity index (χ2v) is 21.5. The van der Waals surface area contributed by atoms with Crippen LogP contribution in [0.25, 0.3) is 0 Å². The second kappa shape index (κ2) is 19.2. The standard InChI is InChI=1S/C46H58N3O10PS2/c1-45(2)38-16-5-7-18-40(38)48(30-9-11-32-61(53,54)55)42(45)26-22-35-14-13-15-36(44(35)47-29-28-34-20-24-37(25-21-34)59-60(50,51)52)23-27-43-46(3,4)39-17-6-8-19-41(39)49(43)31-10-12-33-62(56,57)58/h5-8,16-27H,9-15,28-33H2,1-4H3,(H4,50,51,52,53,54,55,56,57,58)/p+1. The van der Waals surface area contributed by atoms with Crippen molar-refractivity contribution in [3.05, 3.63) is 136 Å². The van der Waals surface area contributed by atoms with Crippen LogP contribution >= 0.6 is 7.82 Å². The minimum absolute atomic E-state index is 0.0853. The molecule has 13 nitrogen and oxygen atoms in total. The second-order valence-electron chi connectivity index (χ2n) is 17.2. The van der Waals surface area contributed by atoms with Crippen molar-refractivity contribution in [3.8, 4) is 5.75 Å². The zero-order valence-electron chi connectivity index (χ0n) is 35.8. The number of rotatable bonds is 19. The molecule has 3 aliphatic rings. The van der Waals surface area contributed by atoms with Gasteiger partial charge in [-0.2, -0.15) is 21.4 Å². The Balaban J connectivity index is 1.36. The number of benzene rings is 3. The molecular formula is C46H59N3O10PS2+. The van der Waals surface area contributed by atoms with Gasteiger partial charge in [-0.15, -0.1) is 0 Å². The number of hydrogen-bond donors (Lipinski definition) is 5. The molecule has 0 bridgehead atoms. The van der Waals surface area contributed by atoms with Gasteiger partial charge in [-0.05, 0) is 105 Å². The maximum absolute atomic E-state index is 11.5. The van der Waals surface area contributed by atoms with E-state index in [0.717, 1.165) is 64.5 Å². The molecule has 0 spiro atoms. The number of nitrogens with zero attached hydrogens (tertiary/aromatic N) is 2. The molecule has 0 saturated heterocycles. The summed E-state index contributed by atoms with van der Waals surface area (Å²) in [6.45, 7) is 10.5. The van der Waals surface area contributed by atoms with E-state index in [1.165, 1.54) is 11.1 Å². The highest BCUT2D eigenvalue weighted by atomic mass is 32.2. The third-order valence-electron chi connectivity index (χ3n) is 11.9. The first-order valence-corrected chi connectivity index (χ1v) is 25.8. The number of phosphoric acid groups is 1. The fraction of sp³-hybridized carbons (Fsp3) is 0.413. The van der Waals surface area contributed by atoms with Gasteiger partial charge in [0, 0.05) is 59.7 Å². The van der Waals surface area contributed by atoms with Crippen LogP contribution in [0.4, 0.5) is 11.4 Å². The summed E-state index contributed by atoms with van der Waals surface area (Å²) < 4.78 is 83.1. The van der Waals surface area contributed by atoms with Gasteiger partial charge in [-0.3, -0.25) is 18.9 Å². The molecule has 0 unspecified atom stereocenters. The lowest BCUT2D eigenvalue weighted by atomic mass is 9.81. The topological polar surface area (TPSA) is 194 Å². The molecule has 0 fully saturated rings. The monoisotopic (exact) mass is 908 g/mol. The van der Waals surface area contributed by atoms with E-state index in [1.54, 1.807) is 24.3 Å². The molecule has 2 heterocycles. The van der Waals surface area contributed by atoms with Gasteiger partial charge in [0.25, 0.3) is 20.2 Å². The molecule has 2 aliphatic heterocycles. The lowest BCUT2D eigenvalue weighted by Gasteiger charge is -2.28. The summed E-state index contributed by atoms with van der Waals surface area (Å²) in [5.74, 6) is -0.489. The highest BCUT2D eigenvalue weighted by molar-refractivity contribution is 7.86. The highest BCUT2D eigenvalue weighted by Crippen LogP contribution is 2.48. The van der Waals surface area contributed by atoms with Crippen molar-refractivity contribution in [3.63, 3.8) is 0 Å². The molecule has 6 rings (SSSR count). The summed E-state index contributed by atoms with van der Waals surface area (Å²) in [5, 5.41) is 3.76. The molecule has 16 heteroatoms. The lowest BCUT2D eigenvalue weighted by molar-refractivity contribution is -0.438. The van der Waals surface area contributed by atoms with Crippen molar-refractivity contribution < 1.29 is 49.4 Å². The van der Waals surface area contributed by atoms with E-state index in [-0.39, 0.29) is 28.1 Å². The number of allylic oxidation sites excluding steroid dienone is 7. The number of unbranched alkanes of at least 4 members (excludes halogenated alkanes) is 2. The Labute approximate surface area is 366 Å². The Morgan fingerprint density at radius 2 is 1.44 bits per heavy atom. The van der Waals surface area contributed by atoms with Crippen LogP contribution < -0.4 is 14.7 Å². The van der Waals surface area contributed by atoms with E-state index >= 15 is 0 Å². The Kier molecular flexibility index (Phi) is 14.6. The van der Waals surface area contributed by atoms with Crippen LogP contribution in [0, 0.1) is 0 Å². The molecule has 0 saturated carbocycles. The summed E-state index contributed by atoms with van der Waals surface area (Å²) in [4.78, 5) is 20.7. The van der Waals surface area contributed by atoms with Crippen LogP contribution in [0.3, 0.4) is 0 Å². The minimum Gasteiger partial charge on any atom is -0.404 e. The van der Waals surface area contributed by atoms with Crippen LogP contribution in [-0.2, 0) is 42.1 Å². The molecular weight excluding hydrogens is 850 g/mol. The molecule has 0 atom stereocenters. The Bertz CT molecular complexity index is 2570. The van der Waals surface area contributed by atoms with E-state index in [2.05, 4.69) is 91.1 Å². The molecule has 334 valence electrons. The SMILES string of the molecule is CC1(C)C(=CC=C2CCCC(C=CC3=[N+](CCCCS(=O)(=O)O)c4ccccc4C3(C)C)=C2NCCc2ccc(OP(=O)(O)O)cc2)N(CCCCS(=O)(=O)O)c2ccccc21. The minimum atomic E-state index is -4.68. The van der Waals surface area contributed by atoms with Gasteiger partial charge in [0.15, 0.2) is 5.71 Å². The van der Waals surface area contributed by atoms with Gasteiger partial charge in [0.1, 0.15) is 12.3 Å². The largest absolute Gasteiger partial charge is 0.524 e. The maximum Gasteiger partial charge on any atom is 0.524 e. The van der Waals surface area contributed by atoms with Gasteiger partial charge in [-0.25, -0.2) is 4.57 Å². The van der Waals surface area contributed by atoms with Gasteiger partial charge in [0.05, 0.1) is 16.9 Å². The Morgan fingerprint density at radius 3 is 2.11 bits per heavy atom.